The van der Waals surface area contributed by atoms with Crippen molar-refractivity contribution in [2.75, 3.05) is 0 Å². The van der Waals surface area contributed by atoms with Crippen molar-refractivity contribution in [2.24, 2.45) is 0 Å². The Kier molecular flexibility index (Phi) is 4.79. The third-order valence-corrected chi connectivity index (χ3v) is 3.51. The van der Waals surface area contributed by atoms with Crippen molar-refractivity contribution in [1.82, 2.24) is 14.8 Å². The van der Waals surface area contributed by atoms with Gasteiger partial charge >= 0.3 is 6.55 Å². The fourth-order valence-corrected chi connectivity index (χ4v) is 2.28. The summed E-state index contributed by atoms with van der Waals surface area (Å²) in [7, 11) is 0. The number of Topliss-reactive ketones (excluding diaryl/α,β-unsaturated/α-hetero) is 1. The van der Waals surface area contributed by atoms with Crippen molar-refractivity contribution < 1.29 is 18.0 Å². The number of ketones is 1. The third kappa shape index (κ3) is 3.39. The molecule has 0 bridgehead atoms. The molecule has 0 aliphatic rings. The van der Waals surface area contributed by atoms with Gasteiger partial charge in [0.2, 0.25) is 0 Å². The number of alkyl halides is 2. The highest BCUT2D eigenvalue weighted by Crippen LogP contribution is 2.23. The van der Waals surface area contributed by atoms with Gasteiger partial charge in [0.15, 0.2) is 5.78 Å². The molecule has 0 saturated heterocycles. The van der Waals surface area contributed by atoms with Gasteiger partial charge in [-0.15, -0.1) is 0 Å². The van der Waals surface area contributed by atoms with Crippen LogP contribution in [-0.2, 0) is 11.2 Å². The molecule has 0 spiro atoms. The number of carbonyl (C=O) groups excluding carboxylic acids is 1. The molecule has 0 amide bonds. The Balaban J connectivity index is 2.27. The fraction of sp³-hybridized carbons (Fsp3) is 0.333. The number of nitrogens with zero attached hydrogens (tertiary/aromatic N) is 4. The lowest BCUT2D eigenvalue weighted by molar-refractivity contribution is -0.118. The van der Waals surface area contributed by atoms with Crippen LogP contribution < -0.4 is 0 Å². The highest BCUT2D eigenvalue weighted by Gasteiger charge is 2.25. The Morgan fingerprint density at radius 1 is 1.39 bits per heavy atom. The Labute approximate surface area is 130 Å². The maximum absolute atomic E-state index is 12.9. The predicted octanol–water partition coefficient (Wildman–Crippen LogP) is 2.85. The third-order valence-electron chi connectivity index (χ3n) is 3.51. The van der Waals surface area contributed by atoms with E-state index in [1.54, 1.807) is 0 Å². The highest BCUT2D eigenvalue weighted by atomic mass is 19.3. The van der Waals surface area contributed by atoms with Gasteiger partial charge in [-0.25, -0.2) is 9.07 Å². The van der Waals surface area contributed by atoms with Crippen LogP contribution in [-0.4, -0.2) is 20.5 Å². The van der Waals surface area contributed by atoms with Gasteiger partial charge < -0.3 is 0 Å². The largest absolute Gasteiger partial charge is 0.333 e. The summed E-state index contributed by atoms with van der Waals surface area (Å²) in [5.74, 6) is -2.28. The molecule has 0 aromatic carbocycles. The van der Waals surface area contributed by atoms with E-state index in [2.05, 4.69) is 10.1 Å². The number of halogens is 3. The minimum atomic E-state index is -2.80. The van der Waals surface area contributed by atoms with Gasteiger partial charge in [-0.3, -0.25) is 9.78 Å². The van der Waals surface area contributed by atoms with Gasteiger partial charge in [0.25, 0.3) is 0 Å². The van der Waals surface area contributed by atoms with Crippen LogP contribution >= 0.6 is 0 Å². The van der Waals surface area contributed by atoms with Crippen LogP contribution in [0.5, 0.6) is 0 Å². The van der Waals surface area contributed by atoms with E-state index in [4.69, 9.17) is 0 Å². The Bertz CT molecular complexity index is 762. The van der Waals surface area contributed by atoms with Crippen LogP contribution in [0.4, 0.5) is 13.2 Å². The van der Waals surface area contributed by atoms with Gasteiger partial charge in [-0.1, -0.05) is 0 Å². The molecule has 0 unspecified atom stereocenters. The second-order valence-electron chi connectivity index (χ2n) is 4.98. The van der Waals surface area contributed by atoms with E-state index in [1.165, 1.54) is 19.9 Å². The number of pyridine rings is 1. The zero-order valence-corrected chi connectivity index (χ0v) is 12.4. The molecule has 0 aliphatic carbocycles. The van der Waals surface area contributed by atoms with E-state index in [9.17, 15) is 23.2 Å². The van der Waals surface area contributed by atoms with Crippen LogP contribution in [0.1, 0.15) is 35.1 Å². The van der Waals surface area contributed by atoms with E-state index < -0.39 is 24.1 Å². The first-order valence-electron chi connectivity index (χ1n) is 6.71. The van der Waals surface area contributed by atoms with Gasteiger partial charge in [-0.2, -0.15) is 19.1 Å². The average Bonchev–Trinajstić information content (AvgIpc) is 2.78. The van der Waals surface area contributed by atoms with Crippen LogP contribution in [0.2, 0.25) is 0 Å². The molecule has 0 aliphatic heterocycles. The molecule has 1 atom stereocenters. The summed E-state index contributed by atoms with van der Waals surface area (Å²) in [5.41, 5.74) is 0.961. The molecule has 23 heavy (non-hydrogen) atoms. The molecule has 2 rings (SSSR count). The molecule has 0 fully saturated rings. The summed E-state index contributed by atoms with van der Waals surface area (Å²) < 4.78 is 39.0. The SMILES string of the molecule is Cc1nn(C(F)F)c(C)c1CC(=O)[C@H](C#N)c1ccc(F)cn1. The quantitative estimate of drug-likeness (QED) is 0.848. The van der Waals surface area contributed by atoms with Crippen LogP contribution in [0.25, 0.3) is 0 Å². The highest BCUT2D eigenvalue weighted by molar-refractivity contribution is 5.90. The maximum atomic E-state index is 12.9. The summed E-state index contributed by atoms with van der Waals surface area (Å²) >= 11 is 0. The first kappa shape index (κ1) is 16.7. The topological polar surface area (TPSA) is 71.6 Å². The second kappa shape index (κ2) is 6.60. The Morgan fingerprint density at radius 2 is 2.09 bits per heavy atom. The smallest absolute Gasteiger partial charge is 0.297 e. The van der Waals surface area contributed by atoms with Crippen molar-refractivity contribution in [3.05, 3.63) is 46.8 Å². The van der Waals surface area contributed by atoms with Crippen molar-refractivity contribution in [3.8, 4) is 6.07 Å². The fourth-order valence-electron chi connectivity index (χ4n) is 2.28. The maximum Gasteiger partial charge on any atom is 0.333 e. The first-order valence-corrected chi connectivity index (χ1v) is 6.71. The van der Waals surface area contributed by atoms with Gasteiger partial charge in [0.05, 0.1) is 23.7 Å². The summed E-state index contributed by atoms with van der Waals surface area (Å²) in [6, 6.07) is 4.17. The van der Waals surface area contributed by atoms with Crippen LogP contribution in [0, 0.1) is 31.0 Å². The van der Waals surface area contributed by atoms with Crippen molar-refractivity contribution >= 4 is 5.78 Å². The Morgan fingerprint density at radius 3 is 2.57 bits per heavy atom. The van der Waals surface area contributed by atoms with Crippen molar-refractivity contribution in [1.29, 1.82) is 5.26 Å². The zero-order chi connectivity index (χ0) is 17.1. The summed E-state index contributed by atoms with van der Waals surface area (Å²) in [5, 5.41) is 12.9. The van der Waals surface area contributed by atoms with E-state index in [1.807, 2.05) is 6.07 Å². The molecule has 2 aromatic heterocycles. The summed E-state index contributed by atoms with van der Waals surface area (Å²) in [4.78, 5) is 16.1. The van der Waals surface area contributed by atoms with Gasteiger partial charge in [-0.05, 0) is 26.0 Å². The molecule has 0 N–H and O–H groups in total. The number of carbonyl (C=O) groups is 1. The van der Waals surface area contributed by atoms with Gasteiger partial charge in [0, 0.05) is 17.7 Å². The number of rotatable bonds is 5. The minimum absolute atomic E-state index is 0.121. The number of aromatic nitrogens is 3. The molecular weight excluding hydrogens is 309 g/mol. The summed E-state index contributed by atoms with van der Waals surface area (Å²) in [6.45, 7) is 0.154. The molecule has 5 nitrogen and oxygen atoms in total. The second-order valence-corrected chi connectivity index (χ2v) is 4.98. The lowest BCUT2D eigenvalue weighted by Gasteiger charge is -2.08. The van der Waals surface area contributed by atoms with Gasteiger partial charge in [0.1, 0.15) is 11.7 Å². The van der Waals surface area contributed by atoms with Crippen LogP contribution in [0.3, 0.4) is 0 Å². The molecule has 2 aromatic rings. The molecule has 0 radical (unpaired) electrons. The molecular formula is C15H13F3N4O. The lowest BCUT2D eigenvalue weighted by Crippen LogP contribution is -2.16. The molecule has 8 heteroatoms. The Hall–Kier alpha value is -2.69. The number of aryl methyl sites for hydroxylation is 1. The standard InChI is InChI=1S/C15H13F3N4O/c1-8-11(9(2)22(21-8)15(17)18)5-14(23)12(6-19)13-4-3-10(16)7-20-13/h3-4,7,12,15H,5H2,1-2H3/t12-/m1/s1. The normalized spacial score (nSPS) is 12.2. The monoisotopic (exact) mass is 322 g/mol. The van der Waals surface area contributed by atoms with Crippen molar-refractivity contribution in [2.45, 2.75) is 32.7 Å². The zero-order valence-electron chi connectivity index (χ0n) is 12.4. The van der Waals surface area contributed by atoms with E-state index >= 15 is 0 Å². The van der Waals surface area contributed by atoms with E-state index in [-0.39, 0.29) is 17.8 Å². The molecule has 2 heterocycles. The van der Waals surface area contributed by atoms with Crippen molar-refractivity contribution in [3.63, 3.8) is 0 Å². The van der Waals surface area contributed by atoms with E-state index in [0.29, 0.717) is 15.9 Å². The summed E-state index contributed by atoms with van der Waals surface area (Å²) in [6.07, 6.45) is 0.694. The minimum Gasteiger partial charge on any atom is -0.297 e. The average molecular weight is 322 g/mol. The molecule has 0 saturated carbocycles. The van der Waals surface area contributed by atoms with Crippen LogP contribution in [0.15, 0.2) is 18.3 Å². The number of hydrogen-bond donors (Lipinski definition) is 0. The van der Waals surface area contributed by atoms with E-state index in [0.717, 1.165) is 12.3 Å². The number of nitriles is 1. The lowest BCUT2D eigenvalue weighted by atomic mass is 9.95. The number of hydrogen-bond acceptors (Lipinski definition) is 4. The molecule has 120 valence electrons. The predicted molar refractivity (Wildman–Crippen MR) is 74.2 cm³/mol. The first-order chi connectivity index (χ1) is 10.8.